The van der Waals surface area contributed by atoms with Crippen LogP contribution in [0.2, 0.25) is 0 Å². The maximum atomic E-state index is 12.8. The normalized spacial score (nSPS) is 25.3. The van der Waals surface area contributed by atoms with Gasteiger partial charge in [0.25, 0.3) is 5.91 Å². The highest BCUT2D eigenvalue weighted by molar-refractivity contribution is 5.99. The quantitative estimate of drug-likeness (QED) is 0.847. The number of amides is 1. The molecule has 1 saturated heterocycles. The minimum atomic E-state index is 0.00959. The van der Waals surface area contributed by atoms with Gasteiger partial charge in [0.1, 0.15) is 5.75 Å². The summed E-state index contributed by atoms with van der Waals surface area (Å²) in [5.74, 6) is 0.678. The van der Waals surface area contributed by atoms with Crippen molar-refractivity contribution in [1.29, 1.82) is 0 Å². The Morgan fingerprint density at radius 3 is 2.95 bits per heavy atom. The van der Waals surface area contributed by atoms with Crippen LogP contribution in [-0.2, 0) is 4.74 Å². The molecule has 1 aromatic carbocycles. The van der Waals surface area contributed by atoms with Crippen molar-refractivity contribution >= 4 is 11.6 Å². The Balaban J connectivity index is 1.83. The number of rotatable bonds is 2. The molecule has 2 atom stereocenters. The van der Waals surface area contributed by atoms with Crippen molar-refractivity contribution in [1.82, 2.24) is 4.90 Å². The Morgan fingerprint density at radius 2 is 2.19 bits per heavy atom. The number of anilines is 1. The van der Waals surface area contributed by atoms with Crippen molar-refractivity contribution in [2.45, 2.75) is 37.8 Å². The van der Waals surface area contributed by atoms with E-state index in [1.54, 1.807) is 25.3 Å². The lowest BCUT2D eigenvalue weighted by atomic mass is 9.89. The summed E-state index contributed by atoms with van der Waals surface area (Å²) in [4.78, 5) is 14.8. The average molecular weight is 290 g/mol. The molecular weight excluding hydrogens is 268 g/mol. The maximum absolute atomic E-state index is 12.8. The number of hydrogen-bond acceptors (Lipinski definition) is 4. The van der Waals surface area contributed by atoms with E-state index in [0.717, 1.165) is 19.3 Å². The molecule has 0 radical (unpaired) electrons. The van der Waals surface area contributed by atoms with E-state index in [1.807, 2.05) is 4.90 Å². The van der Waals surface area contributed by atoms with E-state index in [9.17, 15) is 4.79 Å². The molecule has 1 heterocycles. The molecule has 5 heteroatoms. The highest BCUT2D eigenvalue weighted by Gasteiger charge is 2.37. The van der Waals surface area contributed by atoms with Crippen LogP contribution in [-0.4, -0.2) is 43.2 Å². The predicted octanol–water partition coefficient (Wildman–Crippen LogP) is 2.06. The van der Waals surface area contributed by atoms with Crippen molar-refractivity contribution in [3.63, 3.8) is 0 Å². The zero-order chi connectivity index (χ0) is 14.8. The second-order valence-electron chi connectivity index (χ2n) is 5.71. The monoisotopic (exact) mass is 290 g/mol. The van der Waals surface area contributed by atoms with Crippen molar-refractivity contribution in [3.05, 3.63) is 23.8 Å². The van der Waals surface area contributed by atoms with Gasteiger partial charge in [-0.25, -0.2) is 0 Å². The average Bonchev–Trinajstić information content (AvgIpc) is 2.53. The first-order valence-electron chi connectivity index (χ1n) is 7.57. The molecule has 2 fully saturated rings. The van der Waals surface area contributed by atoms with Crippen LogP contribution < -0.4 is 10.5 Å². The fraction of sp³-hybridized carbons (Fsp3) is 0.562. The van der Waals surface area contributed by atoms with Gasteiger partial charge in [0.2, 0.25) is 0 Å². The molecule has 5 nitrogen and oxygen atoms in total. The van der Waals surface area contributed by atoms with Gasteiger partial charge >= 0.3 is 0 Å². The van der Waals surface area contributed by atoms with Gasteiger partial charge in [0.15, 0.2) is 0 Å². The van der Waals surface area contributed by atoms with E-state index in [2.05, 4.69) is 0 Å². The Kier molecular flexibility index (Phi) is 4.01. The van der Waals surface area contributed by atoms with Crippen molar-refractivity contribution in [2.75, 3.05) is 26.0 Å². The van der Waals surface area contributed by atoms with Gasteiger partial charge in [0.05, 0.1) is 31.4 Å². The van der Waals surface area contributed by atoms with Crippen molar-refractivity contribution in [3.8, 4) is 5.75 Å². The molecule has 1 amide bonds. The first kappa shape index (κ1) is 14.2. The predicted molar refractivity (Wildman–Crippen MR) is 80.4 cm³/mol. The molecule has 0 spiro atoms. The number of benzene rings is 1. The molecule has 1 aromatic rings. The number of morpholine rings is 1. The maximum Gasteiger partial charge on any atom is 0.256 e. The zero-order valence-corrected chi connectivity index (χ0v) is 12.4. The Bertz CT molecular complexity index is 530. The molecule has 2 aliphatic rings. The minimum Gasteiger partial charge on any atom is -0.497 e. The second kappa shape index (κ2) is 5.93. The smallest absolute Gasteiger partial charge is 0.256 e. The fourth-order valence-corrected chi connectivity index (χ4v) is 3.37. The van der Waals surface area contributed by atoms with Gasteiger partial charge in [-0.05, 0) is 25.0 Å². The van der Waals surface area contributed by atoms with E-state index >= 15 is 0 Å². The number of nitrogens with two attached hydrogens (primary N) is 1. The van der Waals surface area contributed by atoms with Crippen LogP contribution in [0, 0.1) is 0 Å². The minimum absolute atomic E-state index is 0.00959. The summed E-state index contributed by atoms with van der Waals surface area (Å²) in [6.45, 7) is 1.26. The summed E-state index contributed by atoms with van der Waals surface area (Å²) in [6, 6.07) is 5.43. The largest absolute Gasteiger partial charge is 0.497 e. The molecular formula is C16H22N2O3. The van der Waals surface area contributed by atoms with Crippen LogP contribution in [0.5, 0.6) is 5.75 Å². The van der Waals surface area contributed by atoms with Crippen molar-refractivity contribution in [2.24, 2.45) is 0 Å². The van der Waals surface area contributed by atoms with Crippen molar-refractivity contribution < 1.29 is 14.3 Å². The third kappa shape index (κ3) is 2.70. The highest BCUT2D eigenvalue weighted by Crippen LogP contribution is 2.30. The summed E-state index contributed by atoms with van der Waals surface area (Å²) in [7, 11) is 1.59. The van der Waals surface area contributed by atoms with Crippen LogP contribution >= 0.6 is 0 Å². The molecule has 3 rings (SSSR count). The van der Waals surface area contributed by atoms with Crippen LogP contribution in [0.15, 0.2) is 18.2 Å². The van der Waals surface area contributed by atoms with E-state index in [4.69, 9.17) is 15.2 Å². The Morgan fingerprint density at radius 1 is 1.38 bits per heavy atom. The summed E-state index contributed by atoms with van der Waals surface area (Å²) in [6.07, 6.45) is 4.61. The van der Waals surface area contributed by atoms with Gasteiger partial charge in [0, 0.05) is 18.3 Å². The van der Waals surface area contributed by atoms with Gasteiger partial charge in [-0.15, -0.1) is 0 Å². The number of nitrogen functional groups attached to an aromatic ring is 1. The second-order valence-corrected chi connectivity index (χ2v) is 5.71. The van der Waals surface area contributed by atoms with Gasteiger partial charge in [-0.2, -0.15) is 0 Å². The molecule has 0 aromatic heterocycles. The fourth-order valence-electron chi connectivity index (χ4n) is 3.37. The van der Waals surface area contributed by atoms with Crippen LogP contribution in [0.3, 0.4) is 0 Å². The lowest BCUT2D eigenvalue weighted by Crippen LogP contribution is -2.54. The standard InChI is InChI=1S/C16H22N2O3/c1-20-11-6-7-12(13(17)10-11)16(19)18-8-9-21-15-5-3-2-4-14(15)18/h6-7,10,14-15H,2-5,8-9,17H2,1H3. The Hall–Kier alpha value is -1.75. The highest BCUT2D eigenvalue weighted by atomic mass is 16.5. The number of carbonyl (C=O) groups is 1. The van der Waals surface area contributed by atoms with Gasteiger partial charge in [-0.1, -0.05) is 12.8 Å². The number of hydrogen-bond donors (Lipinski definition) is 1. The molecule has 21 heavy (non-hydrogen) atoms. The summed E-state index contributed by atoms with van der Waals surface area (Å²) in [5.41, 5.74) is 7.04. The summed E-state index contributed by atoms with van der Waals surface area (Å²) in [5, 5.41) is 0. The summed E-state index contributed by atoms with van der Waals surface area (Å²) < 4.78 is 11.0. The molecule has 1 aliphatic carbocycles. The first-order valence-corrected chi connectivity index (χ1v) is 7.57. The molecule has 1 aliphatic heterocycles. The van der Waals surface area contributed by atoms with Crippen LogP contribution in [0.4, 0.5) is 5.69 Å². The molecule has 1 saturated carbocycles. The topological polar surface area (TPSA) is 64.8 Å². The first-order chi connectivity index (χ1) is 10.2. The zero-order valence-electron chi connectivity index (χ0n) is 12.4. The van der Waals surface area contributed by atoms with E-state index < -0.39 is 0 Å². The van der Waals surface area contributed by atoms with Gasteiger partial charge < -0.3 is 20.1 Å². The van der Waals surface area contributed by atoms with Gasteiger partial charge in [-0.3, -0.25) is 4.79 Å². The number of nitrogens with zero attached hydrogens (tertiary/aromatic N) is 1. The van der Waals surface area contributed by atoms with E-state index in [1.165, 1.54) is 6.42 Å². The van der Waals surface area contributed by atoms with E-state index in [-0.39, 0.29) is 18.1 Å². The number of methoxy groups -OCH3 is 1. The van der Waals surface area contributed by atoms with Crippen LogP contribution in [0.1, 0.15) is 36.0 Å². The number of carbonyl (C=O) groups excluding carboxylic acids is 1. The van der Waals surface area contributed by atoms with Crippen LogP contribution in [0.25, 0.3) is 0 Å². The lowest BCUT2D eigenvalue weighted by Gasteiger charge is -2.43. The third-order valence-electron chi connectivity index (χ3n) is 4.48. The van der Waals surface area contributed by atoms with E-state index in [0.29, 0.717) is 30.2 Å². The Labute approximate surface area is 125 Å². The molecule has 114 valence electrons. The number of fused-ring (bicyclic) bond motifs is 1. The molecule has 2 N–H and O–H groups in total. The number of ether oxygens (including phenoxy) is 2. The molecule has 0 bridgehead atoms. The lowest BCUT2D eigenvalue weighted by molar-refractivity contribution is -0.0752. The SMILES string of the molecule is COc1ccc(C(=O)N2CCOC3CCCCC32)c(N)c1. The molecule has 2 unspecified atom stereocenters. The third-order valence-corrected chi connectivity index (χ3v) is 4.48. The summed E-state index contributed by atoms with van der Waals surface area (Å²) >= 11 is 0.